The molecule has 15 heavy (non-hydrogen) atoms. The first-order valence-electron chi connectivity index (χ1n) is 4.56. The highest BCUT2D eigenvalue weighted by molar-refractivity contribution is 8.03. The lowest BCUT2D eigenvalue weighted by atomic mass is 10.2. The smallest absolute Gasteiger partial charge is 0.123 e. The second kappa shape index (κ2) is 6.26. The van der Waals surface area contributed by atoms with E-state index in [1.165, 1.54) is 0 Å². The van der Waals surface area contributed by atoms with Gasteiger partial charge in [0, 0.05) is 11.3 Å². The quantitative estimate of drug-likeness (QED) is 0.730. The number of hydrogen-bond acceptors (Lipinski definition) is 3. The maximum atomic E-state index is 5.26. The number of rotatable bonds is 4. The molecule has 0 aliphatic carbocycles. The summed E-state index contributed by atoms with van der Waals surface area (Å²) in [6.45, 7) is 1.83. The lowest BCUT2D eigenvalue weighted by Crippen LogP contribution is -1.91. The minimum atomic E-state index is 0.807. The Morgan fingerprint density at radius 3 is 2.67 bits per heavy atom. The van der Waals surface area contributed by atoms with Crippen LogP contribution >= 0.6 is 11.8 Å². The molecule has 0 unspecified atom stereocenters. The first kappa shape index (κ1) is 11.8. The summed E-state index contributed by atoms with van der Waals surface area (Å²) in [6.07, 6.45) is 0. The normalized spacial score (nSPS) is 9.00. The summed E-state index contributed by atoms with van der Waals surface area (Å²) >= 11 is 1.56. The van der Waals surface area contributed by atoms with Gasteiger partial charge in [-0.25, -0.2) is 0 Å². The summed E-state index contributed by atoms with van der Waals surface area (Å²) in [5, 5.41) is 2.96. The predicted octanol–water partition coefficient (Wildman–Crippen LogP) is 2.92. The van der Waals surface area contributed by atoms with Crippen LogP contribution in [0.5, 0.6) is 11.5 Å². The Morgan fingerprint density at radius 1 is 1.27 bits per heavy atom. The van der Waals surface area contributed by atoms with Gasteiger partial charge in [0.05, 0.1) is 14.2 Å². The summed E-state index contributed by atoms with van der Waals surface area (Å²) < 4.78 is 10.4. The lowest BCUT2D eigenvalue weighted by Gasteiger charge is -2.08. The topological polar surface area (TPSA) is 18.5 Å². The van der Waals surface area contributed by atoms with Crippen LogP contribution in [0.3, 0.4) is 0 Å². The Hall–Kier alpha value is -1.27. The number of ether oxygens (including phenoxy) is 2. The molecule has 80 valence electrons. The summed E-state index contributed by atoms with van der Waals surface area (Å²) in [5.74, 6) is 5.37. The van der Waals surface area contributed by atoms with Crippen molar-refractivity contribution in [3.8, 4) is 22.7 Å². The summed E-state index contributed by atoms with van der Waals surface area (Å²) in [4.78, 5) is 0. The van der Waals surface area contributed by atoms with Gasteiger partial charge < -0.3 is 9.47 Å². The van der Waals surface area contributed by atoms with Gasteiger partial charge in [-0.15, -0.1) is 0 Å². The van der Waals surface area contributed by atoms with Crippen molar-refractivity contribution in [2.45, 2.75) is 12.7 Å². The third-order valence-corrected chi connectivity index (χ3v) is 2.69. The molecule has 3 heteroatoms. The molecule has 0 heterocycles. The van der Waals surface area contributed by atoms with E-state index in [1.807, 2.05) is 25.1 Å². The Morgan fingerprint density at radius 2 is 2.07 bits per heavy atom. The summed E-state index contributed by atoms with van der Waals surface area (Å²) in [6, 6.07) is 5.77. The first-order chi connectivity index (χ1) is 7.31. The van der Waals surface area contributed by atoms with Gasteiger partial charge in [-0.3, -0.25) is 0 Å². The van der Waals surface area contributed by atoms with Crippen LogP contribution in [-0.2, 0) is 5.75 Å². The average Bonchev–Trinajstić information content (AvgIpc) is 2.29. The molecule has 2 nitrogen and oxygen atoms in total. The SMILES string of the molecule is CC#CSCc1cc(OC)ccc1OC. The highest BCUT2D eigenvalue weighted by Crippen LogP contribution is 2.27. The fourth-order valence-electron chi connectivity index (χ4n) is 1.18. The van der Waals surface area contributed by atoms with E-state index >= 15 is 0 Å². The van der Waals surface area contributed by atoms with Crippen LogP contribution in [0.1, 0.15) is 12.5 Å². The van der Waals surface area contributed by atoms with Gasteiger partial charge in [-0.1, -0.05) is 17.7 Å². The van der Waals surface area contributed by atoms with Crippen LogP contribution in [0.15, 0.2) is 18.2 Å². The molecule has 0 saturated heterocycles. The molecule has 0 aliphatic rings. The van der Waals surface area contributed by atoms with Crippen LogP contribution in [0.2, 0.25) is 0 Å². The molecular weight excluding hydrogens is 208 g/mol. The van der Waals surface area contributed by atoms with E-state index in [2.05, 4.69) is 11.2 Å². The van der Waals surface area contributed by atoms with Crippen molar-refractivity contribution in [3.63, 3.8) is 0 Å². The molecule has 1 aromatic rings. The highest BCUT2D eigenvalue weighted by Gasteiger charge is 2.04. The van der Waals surface area contributed by atoms with Crippen LogP contribution in [0.4, 0.5) is 0 Å². The van der Waals surface area contributed by atoms with E-state index in [-0.39, 0.29) is 0 Å². The molecule has 0 aromatic heterocycles. The molecule has 0 saturated carbocycles. The number of methoxy groups -OCH3 is 2. The van der Waals surface area contributed by atoms with Gasteiger partial charge in [0.15, 0.2) is 0 Å². The Bertz CT molecular complexity index is 377. The summed E-state index contributed by atoms with van der Waals surface area (Å²) in [5.41, 5.74) is 1.10. The third kappa shape index (κ3) is 3.41. The van der Waals surface area contributed by atoms with Gasteiger partial charge in [0.25, 0.3) is 0 Å². The van der Waals surface area contributed by atoms with E-state index in [9.17, 15) is 0 Å². The fourth-order valence-corrected chi connectivity index (χ4v) is 1.78. The van der Waals surface area contributed by atoms with E-state index in [4.69, 9.17) is 9.47 Å². The van der Waals surface area contributed by atoms with E-state index < -0.39 is 0 Å². The van der Waals surface area contributed by atoms with Gasteiger partial charge in [-0.2, -0.15) is 0 Å². The zero-order chi connectivity index (χ0) is 11.1. The lowest BCUT2D eigenvalue weighted by molar-refractivity contribution is 0.400. The molecular formula is C12H14O2S. The molecule has 0 radical (unpaired) electrons. The van der Waals surface area contributed by atoms with Crippen LogP contribution in [0.25, 0.3) is 0 Å². The molecule has 0 spiro atoms. The van der Waals surface area contributed by atoms with Crippen LogP contribution in [0, 0.1) is 11.2 Å². The molecule has 0 bridgehead atoms. The van der Waals surface area contributed by atoms with Crippen molar-refractivity contribution in [1.29, 1.82) is 0 Å². The maximum Gasteiger partial charge on any atom is 0.123 e. The van der Waals surface area contributed by atoms with Gasteiger partial charge >= 0.3 is 0 Å². The predicted molar refractivity (Wildman–Crippen MR) is 64.3 cm³/mol. The van der Waals surface area contributed by atoms with Crippen molar-refractivity contribution in [3.05, 3.63) is 23.8 Å². The molecule has 0 atom stereocenters. The molecule has 1 rings (SSSR count). The zero-order valence-electron chi connectivity index (χ0n) is 9.16. The number of hydrogen-bond donors (Lipinski definition) is 0. The van der Waals surface area contributed by atoms with Crippen LogP contribution in [-0.4, -0.2) is 14.2 Å². The fraction of sp³-hybridized carbons (Fsp3) is 0.333. The number of benzene rings is 1. The first-order valence-corrected chi connectivity index (χ1v) is 5.54. The Balaban J connectivity index is 2.84. The standard InChI is InChI=1S/C12H14O2S/c1-4-7-15-9-10-8-11(13-2)5-6-12(10)14-3/h5-6,8H,9H2,1-3H3. The van der Waals surface area contributed by atoms with Gasteiger partial charge in [0.2, 0.25) is 0 Å². The Kier molecular flexibility index (Phi) is 4.92. The molecule has 1 aromatic carbocycles. The number of thioether (sulfide) groups is 1. The van der Waals surface area contributed by atoms with Gasteiger partial charge in [-0.05, 0) is 30.4 Å². The second-order valence-electron chi connectivity index (χ2n) is 2.82. The summed E-state index contributed by atoms with van der Waals surface area (Å²) in [7, 11) is 3.33. The van der Waals surface area contributed by atoms with Crippen LogP contribution < -0.4 is 9.47 Å². The van der Waals surface area contributed by atoms with E-state index in [0.717, 1.165) is 22.8 Å². The Labute approximate surface area is 95.0 Å². The van der Waals surface area contributed by atoms with Crippen molar-refractivity contribution >= 4 is 11.8 Å². The van der Waals surface area contributed by atoms with Crippen molar-refractivity contribution in [2.75, 3.05) is 14.2 Å². The van der Waals surface area contributed by atoms with Crippen molar-refractivity contribution < 1.29 is 9.47 Å². The molecule has 0 fully saturated rings. The maximum absolute atomic E-state index is 5.26. The average molecular weight is 222 g/mol. The van der Waals surface area contributed by atoms with E-state index in [0.29, 0.717) is 0 Å². The molecule has 0 aliphatic heterocycles. The zero-order valence-corrected chi connectivity index (χ0v) is 9.98. The minimum Gasteiger partial charge on any atom is -0.497 e. The van der Waals surface area contributed by atoms with Crippen molar-refractivity contribution in [2.24, 2.45) is 0 Å². The largest absolute Gasteiger partial charge is 0.497 e. The minimum absolute atomic E-state index is 0.807. The highest BCUT2D eigenvalue weighted by atomic mass is 32.2. The molecule has 0 amide bonds. The monoisotopic (exact) mass is 222 g/mol. The van der Waals surface area contributed by atoms with Gasteiger partial charge in [0.1, 0.15) is 11.5 Å². The molecule has 0 N–H and O–H groups in total. The third-order valence-electron chi connectivity index (χ3n) is 1.89. The van der Waals surface area contributed by atoms with Crippen molar-refractivity contribution in [1.82, 2.24) is 0 Å². The second-order valence-corrected chi connectivity index (χ2v) is 3.60. The van der Waals surface area contributed by atoms with E-state index in [1.54, 1.807) is 26.0 Å².